The highest BCUT2D eigenvalue weighted by atomic mass is 14.7. The lowest BCUT2D eigenvalue weighted by molar-refractivity contribution is 0.869. The summed E-state index contributed by atoms with van der Waals surface area (Å²) in [7, 11) is 0. The van der Waals surface area contributed by atoms with Crippen molar-refractivity contribution in [1.82, 2.24) is 4.98 Å². The van der Waals surface area contributed by atoms with Gasteiger partial charge in [0.05, 0.1) is 17.3 Å². The van der Waals surface area contributed by atoms with Crippen molar-refractivity contribution in [2.75, 3.05) is 0 Å². The van der Waals surface area contributed by atoms with Gasteiger partial charge in [-0.1, -0.05) is 32.0 Å². The Labute approximate surface area is 137 Å². The van der Waals surface area contributed by atoms with Crippen LogP contribution in [0.5, 0.6) is 0 Å². The number of rotatable bonds is 2. The summed E-state index contributed by atoms with van der Waals surface area (Å²) in [5, 5.41) is 11.6. The summed E-state index contributed by atoms with van der Waals surface area (Å²) >= 11 is 0. The van der Waals surface area contributed by atoms with Crippen LogP contribution in [0, 0.1) is 25.2 Å². The molecule has 0 atom stereocenters. The molecular formula is C21H20N2. The number of fused-ring (bicyclic) bond motifs is 1. The highest BCUT2D eigenvalue weighted by Gasteiger charge is 2.11. The first-order valence-corrected chi connectivity index (χ1v) is 7.91. The zero-order valence-corrected chi connectivity index (χ0v) is 14.0. The molecule has 23 heavy (non-hydrogen) atoms. The molecule has 0 N–H and O–H groups in total. The van der Waals surface area contributed by atoms with E-state index in [1.54, 1.807) is 0 Å². The molecule has 0 aliphatic heterocycles. The third-order valence-corrected chi connectivity index (χ3v) is 4.37. The van der Waals surface area contributed by atoms with Crippen LogP contribution in [0.2, 0.25) is 0 Å². The second-order valence-corrected chi connectivity index (χ2v) is 6.39. The van der Waals surface area contributed by atoms with Crippen molar-refractivity contribution in [2.45, 2.75) is 33.6 Å². The number of nitriles is 1. The minimum atomic E-state index is 0.510. The van der Waals surface area contributed by atoms with E-state index in [0.717, 1.165) is 33.3 Å². The number of benzene rings is 2. The number of aromatic nitrogens is 1. The lowest BCUT2D eigenvalue weighted by Gasteiger charge is -2.12. The summed E-state index contributed by atoms with van der Waals surface area (Å²) in [6, 6.07) is 15.1. The van der Waals surface area contributed by atoms with Crippen molar-refractivity contribution in [3.63, 3.8) is 0 Å². The fourth-order valence-electron chi connectivity index (χ4n) is 3.06. The molecule has 0 aliphatic rings. The summed E-state index contributed by atoms with van der Waals surface area (Å²) in [5.74, 6) is 0.510. The van der Waals surface area contributed by atoms with Crippen LogP contribution < -0.4 is 0 Å². The van der Waals surface area contributed by atoms with Gasteiger partial charge in [0.2, 0.25) is 0 Å². The molecule has 0 unspecified atom stereocenters. The van der Waals surface area contributed by atoms with Crippen molar-refractivity contribution in [3.8, 4) is 17.3 Å². The Morgan fingerprint density at radius 1 is 1.00 bits per heavy atom. The standard InChI is InChI=1S/C21H20N2/c1-13(2)16-5-6-19-17(11-16)7-8-23-21(19)18-9-14(3)20(12-22)15(4)10-18/h5-11,13H,1-4H3. The monoisotopic (exact) mass is 300 g/mol. The molecule has 1 aromatic heterocycles. The van der Waals surface area contributed by atoms with Crippen LogP contribution in [0.25, 0.3) is 22.0 Å². The minimum absolute atomic E-state index is 0.510. The van der Waals surface area contributed by atoms with E-state index in [9.17, 15) is 5.26 Å². The van der Waals surface area contributed by atoms with Gasteiger partial charge < -0.3 is 0 Å². The molecule has 0 saturated carbocycles. The number of hydrogen-bond acceptors (Lipinski definition) is 2. The maximum atomic E-state index is 9.25. The van der Waals surface area contributed by atoms with Gasteiger partial charge in [0.15, 0.2) is 0 Å². The Balaban J connectivity index is 2.23. The third kappa shape index (κ3) is 2.71. The van der Waals surface area contributed by atoms with E-state index >= 15 is 0 Å². The molecule has 0 bridgehead atoms. The van der Waals surface area contributed by atoms with Crippen molar-refractivity contribution >= 4 is 10.8 Å². The van der Waals surface area contributed by atoms with E-state index in [2.05, 4.69) is 61.3 Å². The molecule has 2 nitrogen and oxygen atoms in total. The Bertz CT molecular complexity index is 907. The van der Waals surface area contributed by atoms with Crippen LogP contribution in [-0.2, 0) is 0 Å². The zero-order chi connectivity index (χ0) is 16.6. The first-order valence-electron chi connectivity index (χ1n) is 7.91. The minimum Gasteiger partial charge on any atom is -0.256 e. The van der Waals surface area contributed by atoms with Gasteiger partial charge in [-0.3, -0.25) is 4.98 Å². The number of pyridine rings is 1. The van der Waals surface area contributed by atoms with Crippen molar-refractivity contribution in [1.29, 1.82) is 5.26 Å². The normalized spacial score (nSPS) is 11.0. The summed E-state index contributed by atoms with van der Waals surface area (Å²) in [6.07, 6.45) is 1.87. The lowest BCUT2D eigenvalue weighted by atomic mass is 9.94. The summed E-state index contributed by atoms with van der Waals surface area (Å²) in [4.78, 5) is 4.61. The van der Waals surface area contributed by atoms with E-state index in [4.69, 9.17) is 0 Å². The van der Waals surface area contributed by atoms with E-state index in [-0.39, 0.29) is 0 Å². The lowest BCUT2D eigenvalue weighted by Crippen LogP contribution is -1.93. The molecule has 0 spiro atoms. The SMILES string of the molecule is Cc1cc(-c2nccc3cc(C(C)C)ccc23)cc(C)c1C#N. The topological polar surface area (TPSA) is 36.7 Å². The summed E-state index contributed by atoms with van der Waals surface area (Å²) in [6.45, 7) is 8.38. The molecule has 0 fully saturated rings. The van der Waals surface area contributed by atoms with Crippen molar-refractivity contribution < 1.29 is 0 Å². The maximum absolute atomic E-state index is 9.25. The molecule has 0 amide bonds. The van der Waals surface area contributed by atoms with E-state index in [1.807, 2.05) is 20.0 Å². The Morgan fingerprint density at radius 2 is 1.70 bits per heavy atom. The number of hydrogen-bond donors (Lipinski definition) is 0. The van der Waals surface area contributed by atoms with Gasteiger partial charge in [-0.15, -0.1) is 0 Å². The predicted molar refractivity (Wildman–Crippen MR) is 95.5 cm³/mol. The quantitative estimate of drug-likeness (QED) is 0.625. The fraction of sp³-hybridized carbons (Fsp3) is 0.238. The number of aryl methyl sites for hydroxylation is 2. The van der Waals surface area contributed by atoms with E-state index < -0.39 is 0 Å². The van der Waals surface area contributed by atoms with Crippen molar-refractivity contribution in [2.24, 2.45) is 0 Å². The van der Waals surface area contributed by atoms with Gasteiger partial charge in [0.1, 0.15) is 0 Å². The van der Waals surface area contributed by atoms with Crippen LogP contribution in [0.4, 0.5) is 0 Å². The summed E-state index contributed by atoms with van der Waals surface area (Å²) < 4.78 is 0. The molecule has 0 aliphatic carbocycles. The van der Waals surface area contributed by atoms with Gasteiger partial charge in [-0.05, 0) is 60.0 Å². The zero-order valence-electron chi connectivity index (χ0n) is 14.0. The van der Waals surface area contributed by atoms with Crippen LogP contribution >= 0.6 is 0 Å². The molecular weight excluding hydrogens is 280 g/mol. The predicted octanol–water partition coefficient (Wildman–Crippen LogP) is 5.51. The van der Waals surface area contributed by atoms with E-state index in [0.29, 0.717) is 5.92 Å². The molecule has 1 heterocycles. The average molecular weight is 300 g/mol. The van der Waals surface area contributed by atoms with Crippen LogP contribution in [0.1, 0.15) is 42.0 Å². The molecule has 0 radical (unpaired) electrons. The molecule has 3 rings (SSSR count). The van der Waals surface area contributed by atoms with Crippen LogP contribution in [0.15, 0.2) is 42.6 Å². The Hall–Kier alpha value is -2.66. The highest BCUT2D eigenvalue weighted by Crippen LogP contribution is 2.31. The first kappa shape index (κ1) is 15.2. The first-order chi connectivity index (χ1) is 11.0. The average Bonchev–Trinajstić information content (AvgIpc) is 2.53. The smallest absolute Gasteiger partial charge is 0.0997 e. The van der Waals surface area contributed by atoms with Crippen LogP contribution in [-0.4, -0.2) is 4.98 Å². The third-order valence-electron chi connectivity index (χ3n) is 4.37. The largest absolute Gasteiger partial charge is 0.256 e. The molecule has 3 aromatic rings. The second-order valence-electron chi connectivity index (χ2n) is 6.39. The summed E-state index contributed by atoms with van der Waals surface area (Å²) in [5.41, 5.74) is 6.15. The van der Waals surface area contributed by atoms with Gasteiger partial charge in [-0.25, -0.2) is 0 Å². The Kier molecular flexibility index (Phi) is 3.88. The van der Waals surface area contributed by atoms with Gasteiger partial charge >= 0.3 is 0 Å². The highest BCUT2D eigenvalue weighted by molar-refractivity contribution is 5.95. The van der Waals surface area contributed by atoms with E-state index in [1.165, 1.54) is 10.9 Å². The number of nitrogens with zero attached hydrogens (tertiary/aromatic N) is 2. The van der Waals surface area contributed by atoms with Gasteiger partial charge in [0, 0.05) is 17.1 Å². The molecule has 0 saturated heterocycles. The van der Waals surface area contributed by atoms with Gasteiger partial charge in [-0.2, -0.15) is 5.26 Å². The maximum Gasteiger partial charge on any atom is 0.0997 e. The van der Waals surface area contributed by atoms with Crippen molar-refractivity contribution in [3.05, 3.63) is 64.8 Å². The Morgan fingerprint density at radius 3 is 2.30 bits per heavy atom. The fourth-order valence-corrected chi connectivity index (χ4v) is 3.06. The second kappa shape index (κ2) is 5.85. The van der Waals surface area contributed by atoms with Crippen LogP contribution in [0.3, 0.4) is 0 Å². The molecule has 2 heteroatoms. The molecule has 114 valence electrons. The van der Waals surface area contributed by atoms with Gasteiger partial charge in [0.25, 0.3) is 0 Å². The molecule has 2 aromatic carbocycles.